The van der Waals surface area contributed by atoms with Crippen LogP contribution >= 0.6 is 24.8 Å². The number of thiol groups is 1. The van der Waals surface area contributed by atoms with Crippen molar-refractivity contribution in [2.24, 2.45) is 0 Å². The summed E-state index contributed by atoms with van der Waals surface area (Å²) in [5.41, 5.74) is 0. The molecule has 0 fully saturated rings. The molecule has 0 saturated carbocycles. The fraction of sp³-hybridized carbons (Fsp3) is 0.833. The van der Waals surface area contributed by atoms with Crippen molar-refractivity contribution in [1.29, 1.82) is 0 Å². The van der Waals surface area contributed by atoms with Gasteiger partial charge in [-0.3, -0.25) is 0 Å². The van der Waals surface area contributed by atoms with Gasteiger partial charge in [0.1, 0.15) is 0 Å². The van der Waals surface area contributed by atoms with E-state index in [0.717, 1.165) is 13.0 Å². The molecule has 0 aromatic carbocycles. The van der Waals surface area contributed by atoms with Crippen molar-refractivity contribution >= 4 is 29.2 Å². The van der Waals surface area contributed by atoms with Gasteiger partial charge in [0.2, 0.25) is 0 Å². The predicted octanol–water partition coefficient (Wildman–Crippen LogP) is -0.231. The van der Waals surface area contributed by atoms with E-state index >= 15 is 0 Å². The number of hydrogen-bond donors (Lipinski definition) is 1. The molecule has 0 aromatic heterocycles. The molecule has 4 heteroatoms. The van der Waals surface area contributed by atoms with Crippen LogP contribution in [-0.2, 0) is 0 Å². The van der Waals surface area contributed by atoms with Crippen molar-refractivity contribution < 1.29 is 29.6 Å². The fourth-order valence-corrected chi connectivity index (χ4v) is 0.728. The minimum absolute atomic E-state index is 0. The molecule has 0 radical (unpaired) electrons. The second-order valence-electron chi connectivity index (χ2n) is 1.87. The molecule has 0 rings (SSSR count). The first kappa shape index (κ1) is 13.8. The van der Waals surface area contributed by atoms with Crippen LogP contribution in [0.25, 0.3) is 5.32 Å². The third kappa shape index (κ3) is 12.0. The van der Waals surface area contributed by atoms with Gasteiger partial charge in [0, 0.05) is 0 Å². The van der Waals surface area contributed by atoms with Crippen molar-refractivity contribution in [2.75, 3.05) is 6.54 Å². The molecule has 0 heterocycles. The largest absolute Gasteiger partial charge is 1.00 e. The van der Waals surface area contributed by atoms with Gasteiger partial charge < -0.3 is 5.32 Å². The SMILES string of the molecule is CCCCC[N-]C(=S)S.[Na+]. The Labute approximate surface area is 96.0 Å². The number of hydrogen-bond acceptors (Lipinski definition) is 1. The van der Waals surface area contributed by atoms with E-state index in [9.17, 15) is 0 Å². The smallest absolute Gasteiger partial charge is 0.670 e. The summed E-state index contributed by atoms with van der Waals surface area (Å²) in [6.07, 6.45) is 3.60. The molecule has 0 bridgehead atoms. The van der Waals surface area contributed by atoms with Crippen molar-refractivity contribution in [3.8, 4) is 0 Å². The molecule has 0 aromatic rings. The summed E-state index contributed by atoms with van der Waals surface area (Å²) < 4.78 is 0.478. The summed E-state index contributed by atoms with van der Waals surface area (Å²) in [7, 11) is 0. The van der Waals surface area contributed by atoms with Gasteiger partial charge >= 0.3 is 29.6 Å². The van der Waals surface area contributed by atoms with Crippen LogP contribution in [0.15, 0.2) is 0 Å². The number of unbranched alkanes of at least 4 members (excludes halogenated alkanes) is 2. The summed E-state index contributed by atoms with van der Waals surface area (Å²) in [6, 6.07) is 0. The Morgan fingerprint density at radius 1 is 1.50 bits per heavy atom. The van der Waals surface area contributed by atoms with Crippen LogP contribution in [-0.4, -0.2) is 10.9 Å². The van der Waals surface area contributed by atoms with E-state index in [1.165, 1.54) is 12.8 Å². The Hall–Kier alpha value is 1.24. The number of rotatable bonds is 4. The molecule has 0 aliphatic carbocycles. The summed E-state index contributed by atoms with van der Waals surface area (Å²) in [6.45, 7) is 3.01. The molecule has 10 heavy (non-hydrogen) atoms. The van der Waals surface area contributed by atoms with Crippen LogP contribution in [0.5, 0.6) is 0 Å². The van der Waals surface area contributed by atoms with Crippen molar-refractivity contribution in [3.63, 3.8) is 0 Å². The van der Waals surface area contributed by atoms with E-state index in [1.54, 1.807) is 0 Å². The van der Waals surface area contributed by atoms with Crippen LogP contribution in [0, 0.1) is 0 Å². The average Bonchev–Trinajstić information content (AvgIpc) is 1.80. The summed E-state index contributed by atoms with van der Waals surface area (Å²) in [5.74, 6) is 0. The van der Waals surface area contributed by atoms with Crippen LogP contribution in [0.1, 0.15) is 26.2 Å². The molecule has 0 aliphatic rings. The number of thiocarbonyl (C=S) groups is 1. The topological polar surface area (TPSA) is 14.1 Å². The third-order valence-electron chi connectivity index (χ3n) is 1.01. The maximum Gasteiger partial charge on any atom is 1.00 e. The van der Waals surface area contributed by atoms with Crippen molar-refractivity contribution in [1.82, 2.24) is 0 Å². The van der Waals surface area contributed by atoms with Gasteiger partial charge in [-0.2, -0.15) is 12.6 Å². The summed E-state index contributed by atoms with van der Waals surface area (Å²) in [5, 5.41) is 3.96. The molecule has 0 aliphatic heterocycles. The second-order valence-corrected chi connectivity index (χ2v) is 2.98. The molecule has 0 saturated heterocycles. The van der Waals surface area contributed by atoms with E-state index in [1.807, 2.05) is 0 Å². The molecule has 0 atom stereocenters. The average molecular weight is 185 g/mol. The first-order valence-corrected chi connectivity index (χ1v) is 4.03. The predicted molar refractivity (Wildman–Crippen MR) is 49.3 cm³/mol. The van der Waals surface area contributed by atoms with Gasteiger partial charge in [0.25, 0.3) is 0 Å². The van der Waals surface area contributed by atoms with Gasteiger partial charge in [-0.15, -0.1) is 6.54 Å². The van der Waals surface area contributed by atoms with Gasteiger partial charge in [-0.1, -0.05) is 38.4 Å². The quantitative estimate of drug-likeness (QED) is 0.276. The molecule has 0 amide bonds. The van der Waals surface area contributed by atoms with Crippen LogP contribution in [0.2, 0.25) is 0 Å². The van der Waals surface area contributed by atoms with Crippen LogP contribution < -0.4 is 29.6 Å². The Morgan fingerprint density at radius 3 is 2.50 bits per heavy atom. The van der Waals surface area contributed by atoms with E-state index in [-0.39, 0.29) is 29.6 Å². The van der Waals surface area contributed by atoms with Gasteiger partial charge in [0.15, 0.2) is 0 Å². The van der Waals surface area contributed by atoms with Gasteiger partial charge in [-0.05, 0) is 4.32 Å². The first-order valence-electron chi connectivity index (χ1n) is 3.17. The molecular weight excluding hydrogens is 173 g/mol. The third-order valence-corrected chi connectivity index (χ3v) is 1.28. The Morgan fingerprint density at radius 2 is 2.10 bits per heavy atom. The zero-order valence-electron chi connectivity index (χ0n) is 6.63. The molecular formula is C6H12NNaS2. The fourth-order valence-electron chi connectivity index (χ4n) is 0.537. The Bertz CT molecular complexity index is 87.8. The monoisotopic (exact) mass is 185 g/mol. The van der Waals surface area contributed by atoms with E-state index in [4.69, 9.17) is 0 Å². The standard InChI is InChI=1S/C6H13NS2.Na/c1-2-3-4-5-7-6(8)9;/h2-5H2,1H3,(H2,7,8,9);/q;+1/p-1. The van der Waals surface area contributed by atoms with E-state index in [2.05, 4.69) is 37.1 Å². The van der Waals surface area contributed by atoms with Crippen LogP contribution in [0.3, 0.4) is 0 Å². The van der Waals surface area contributed by atoms with Crippen molar-refractivity contribution in [3.05, 3.63) is 5.32 Å². The molecule has 0 N–H and O–H groups in total. The molecule has 0 spiro atoms. The Kier molecular flexibility index (Phi) is 14.1. The van der Waals surface area contributed by atoms with Crippen molar-refractivity contribution in [2.45, 2.75) is 26.2 Å². The molecule has 54 valence electrons. The summed E-state index contributed by atoms with van der Waals surface area (Å²) in [4.78, 5) is 0. The zero-order valence-corrected chi connectivity index (χ0v) is 10.3. The van der Waals surface area contributed by atoms with E-state index < -0.39 is 0 Å². The van der Waals surface area contributed by atoms with E-state index in [0.29, 0.717) is 4.32 Å². The van der Waals surface area contributed by atoms with Gasteiger partial charge in [-0.25, -0.2) is 0 Å². The van der Waals surface area contributed by atoms with Crippen LogP contribution in [0.4, 0.5) is 0 Å². The normalized spacial score (nSPS) is 8.20. The maximum absolute atomic E-state index is 4.64. The zero-order chi connectivity index (χ0) is 7.11. The minimum Gasteiger partial charge on any atom is -0.670 e. The number of nitrogens with zero attached hydrogens (tertiary/aromatic N) is 1. The molecule has 0 unspecified atom stereocenters. The maximum atomic E-state index is 4.64. The molecule has 1 nitrogen and oxygen atoms in total. The first-order chi connectivity index (χ1) is 4.27. The second kappa shape index (κ2) is 10.2. The minimum atomic E-state index is 0. The summed E-state index contributed by atoms with van der Waals surface area (Å²) >= 11 is 8.51. The van der Waals surface area contributed by atoms with Gasteiger partial charge in [0.05, 0.1) is 0 Å². The Balaban J connectivity index is 0.